The summed E-state index contributed by atoms with van der Waals surface area (Å²) >= 11 is 0. The van der Waals surface area contributed by atoms with Gasteiger partial charge in [0.05, 0.1) is 54.3 Å². The maximum atomic E-state index is 13.9. The van der Waals surface area contributed by atoms with Gasteiger partial charge in [-0.2, -0.15) is 0 Å². The zero-order chi connectivity index (χ0) is 42.0. The molecule has 5 aliphatic rings. The lowest BCUT2D eigenvalue weighted by atomic mass is 9.67. The fourth-order valence-corrected chi connectivity index (χ4v) is 9.00. The second kappa shape index (κ2) is 16.2. The zero-order valence-electron chi connectivity index (χ0n) is 33.2. The number of hydrogen-bond donors (Lipinski definition) is 5. The predicted molar refractivity (Wildman–Crippen MR) is 198 cm³/mol. The van der Waals surface area contributed by atoms with Crippen molar-refractivity contribution in [3.63, 3.8) is 0 Å². The van der Waals surface area contributed by atoms with E-state index in [4.69, 9.17) is 33.2 Å². The molecule has 2 aliphatic carbocycles. The molecule has 7 rings (SSSR count). The molecule has 2 aromatic carbocycles. The van der Waals surface area contributed by atoms with Crippen molar-refractivity contribution in [2.45, 2.75) is 132 Å². The molecule has 316 valence electrons. The minimum Gasteiger partial charge on any atom is -0.507 e. The molecule has 17 heteroatoms. The van der Waals surface area contributed by atoms with Gasteiger partial charge in [0.25, 0.3) is 0 Å². The number of likely N-dealkylation sites (N-methyl/N-ethyl adjacent to an activating group) is 1. The van der Waals surface area contributed by atoms with Crippen molar-refractivity contribution in [1.82, 2.24) is 4.90 Å². The Hall–Kier alpha value is -4.04. The molecule has 0 radical (unpaired) electrons. The van der Waals surface area contributed by atoms with Gasteiger partial charge in [0.1, 0.15) is 41.5 Å². The number of methoxy groups -OCH3 is 1. The van der Waals surface area contributed by atoms with Crippen LogP contribution in [0.4, 0.5) is 0 Å². The highest BCUT2D eigenvalue weighted by molar-refractivity contribution is 6.31. The highest BCUT2D eigenvalue weighted by atomic mass is 16.7. The maximum Gasteiger partial charge on any atom is 0.316 e. The van der Waals surface area contributed by atoms with Crippen LogP contribution in [0.2, 0.25) is 0 Å². The van der Waals surface area contributed by atoms with Crippen LogP contribution in [0.3, 0.4) is 0 Å². The summed E-state index contributed by atoms with van der Waals surface area (Å²) in [5, 5.41) is 56.2. The summed E-state index contributed by atoms with van der Waals surface area (Å²) in [6.07, 6.45) is -6.24. The first-order valence-corrected chi connectivity index (χ1v) is 19.6. The number of esters is 1. The van der Waals surface area contributed by atoms with E-state index in [9.17, 15) is 44.7 Å². The monoisotopic (exact) mass is 813 g/mol. The van der Waals surface area contributed by atoms with Gasteiger partial charge in [0.2, 0.25) is 5.78 Å². The van der Waals surface area contributed by atoms with Crippen molar-refractivity contribution in [2.24, 2.45) is 0 Å². The average Bonchev–Trinajstić information content (AvgIpc) is 3.17. The van der Waals surface area contributed by atoms with Gasteiger partial charge in [0, 0.05) is 49.3 Å². The molecule has 3 fully saturated rings. The summed E-state index contributed by atoms with van der Waals surface area (Å²) in [6.45, 7) is 5.14. The number of ether oxygens (including phenoxy) is 7. The third-order valence-electron chi connectivity index (χ3n) is 12.2. The second-order valence-electron chi connectivity index (χ2n) is 16.0. The number of Topliss-reactive ketones (excluding diaryl/α,β-unsaturated/α-hetero) is 1. The fraction of sp³-hybridized carbons (Fsp3) is 0.610. The Morgan fingerprint density at radius 2 is 1.62 bits per heavy atom. The molecule has 3 heterocycles. The fourth-order valence-electron chi connectivity index (χ4n) is 9.00. The summed E-state index contributed by atoms with van der Waals surface area (Å²) < 4.78 is 42.1. The van der Waals surface area contributed by atoms with Gasteiger partial charge < -0.3 is 63.6 Å². The van der Waals surface area contributed by atoms with E-state index in [1.807, 2.05) is 19.0 Å². The van der Waals surface area contributed by atoms with Crippen LogP contribution in [0.5, 0.6) is 17.2 Å². The van der Waals surface area contributed by atoms with Crippen molar-refractivity contribution in [3.05, 3.63) is 51.6 Å². The van der Waals surface area contributed by atoms with Gasteiger partial charge in [-0.3, -0.25) is 19.2 Å². The number of nitrogens with zero attached hydrogens (tertiary/aromatic N) is 1. The Morgan fingerprint density at radius 3 is 2.24 bits per heavy atom. The first kappa shape index (κ1) is 42.1. The van der Waals surface area contributed by atoms with Crippen LogP contribution in [0.1, 0.15) is 114 Å². The Morgan fingerprint density at radius 1 is 0.931 bits per heavy atom. The van der Waals surface area contributed by atoms with E-state index in [2.05, 4.69) is 0 Å². The Bertz CT molecular complexity index is 1970. The average molecular weight is 814 g/mol. The minimum absolute atomic E-state index is 0.000645. The van der Waals surface area contributed by atoms with Crippen LogP contribution in [-0.2, 0) is 42.7 Å². The first-order chi connectivity index (χ1) is 27.5. The topological polar surface area (TPSA) is 237 Å². The molecule has 5 N–H and O–H groups in total. The van der Waals surface area contributed by atoms with E-state index in [1.165, 1.54) is 6.07 Å². The Kier molecular flexibility index (Phi) is 11.8. The maximum absolute atomic E-state index is 13.9. The number of carbonyl (C=O) groups excluding carboxylic acids is 4. The van der Waals surface area contributed by atoms with E-state index >= 15 is 0 Å². The molecular weight excluding hydrogens is 762 g/mol. The van der Waals surface area contributed by atoms with Crippen LogP contribution in [0.25, 0.3) is 0 Å². The van der Waals surface area contributed by atoms with E-state index in [1.54, 1.807) is 20.8 Å². The first-order valence-electron chi connectivity index (χ1n) is 19.6. The number of ketones is 3. The van der Waals surface area contributed by atoms with Gasteiger partial charge in [-0.1, -0.05) is 6.92 Å². The summed E-state index contributed by atoms with van der Waals surface area (Å²) in [7, 11) is 4.85. The number of hydrogen-bond acceptors (Lipinski definition) is 17. The number of benzene rings is 2. The van der Waals surface area contributed by atoms with Crippen LogP contribution in [-0.4, -0.2) is 143 Å². The predicted octanol–water partition coefficient (Wildman–Crippen LogP) is 2.47. The Balaban J connectivity index is 1.14. The van der Waals surface area contributed by atoms with E-state index in [-0.39, 0.29) is 60.8 Å². The van der Waals surface area contributed by atoms with E-state index < -0.39 is 118 Å². The smallest absolute Gasteiger partial charge is 0.316 e. The lowest BCUT2D eigenvalue weighted by molar-refractivity contribution is -0.311. The number of phenolic OH excluding ortho intramolecular Hbond substituents is 3. The van der Waals surface area contributed by atoms with Crippen LogP contribution >= 0.6 is 0 Å². The molecule has 17 nitrogen and oxygen atoms in total. The molecule has 0 unspecified atom stereocenters. The lowest BCUT2D eigenvalue weighted by Crippen LogP contribution is -2.57. The number of rotatable bonds is 9. The van der Waals surface area contributed by atoms with Crippen LogP contribution < -0.4 is 0 Å². The second-order valence-corrected chi connectivity index (χ2v) is 16.0. The summed E-state index contributed by atoms with van der Waals surface area (Å²) in [6, 6.07) is 3.02. The molecule has 12 atom stereocenters. The van der Waals surface area contributed by atoms with E-state index in [0.29, 0.717) is 12.8 Å². The van der Waals surface area contributed by atoms with Crippen LogP contribution in [0.15, 0.2) is 18.2 Å². The molecular formula is C41H51NO16. The lowest BCUT2D eigenvalue weighted by Gasteiger charge is -2.47. The van der Waals surface area contributed by atoms with Crippen molar-refractivity contribution in [2.75, 3.05) is 27.8 Å². The molecule has 0 aromatic heterocycles. The minimum atomic E-state index is -1.81. The van der Waals surface area contributed by atoms with Gasteiger partial charge in [0.15, 0.2) is 30.4 Å². The third-order valence-corrected chi connectivity index (χ3v) is 12.2. The van der Waals surface area contributed by atoms with Gasteiger partial charge in [-0.25, -0.2) is 0 Å². The highest BCUT2D eigenvalue weighted by Crippen LogP contribution is 2.54. The number of phenols is 3. The van der Waals surface area contributed by atoms with E-state index in [0.717, 1.165) is 19.2 Å². The number of carbonyl (C=O) groups is 4. The van der Waals surface area contributed by atoms with Gasteiger partial charge in [-0.15, -0.1) is 0 Å². The molecule has 0 spiro atoms. The normalized spacial score (nSPS) is 35.0. The zero-order valence-corrected chi connectivity index (χ0v) is 33.2. The van der Waals surface area contributed by atoms with Crippen LogP contribution in [0, 0.1) is 0 Å². The third kappa shape index (κ3) is 7.41. The summed E-state index contributed by atoms with van der Waals surface area (Å²) in [5.41, 5.74) is -3.57. The van der Waals surface area contributed by atoms with Gasteiger partial charge in [-0.05, 0) is 58.1 Å². The molecule has 0 saturated carbocycles. The Labute approximate surface area is 334 Å². The molecule has 3 aliphatic heterocycles. The largest absolute Gasteiger partial charge is 0.507 e. The van der Waals surface area contributed by atoms with Crippen molar-refractivity contribution in [1.29, 1.82) is 0 Å². The highest BCUT2D eigenvalue weighted by Gasteiger charge is 2.53. The summed E-state index contributed by atoms with van der Waals surface area (Å²) in [5.74, 6) is -5.89. The standard InChI is InChI=1S/C41H51NO16/c1-7-41(51)15-26(31-19(35(41)40(50)52-6)12-20-32(37(31)48)38(49)34-24(45)9-8-23(44)33(34)36(20)47)56-30-13-21(42(4)5)39(18(3)55-30)58-29-14-25(46)27(16-53-29)57-28-11-10-22(43)17(2)54-28/h8-9,12,17-18,21,25-30,35,39,44-46,48,51H,7,10-11,13-16H2,1-6H3/t17-,18-,21-,25-,26-,27+,28+,29+,30+,35-,39+,41+/m1/s1. The molecule has 2 aromatic rings. The quantitative estimate of drug-likeness (QED) is 0.154. The number of aliphatic hydroxyl groups is 2. The molecule has 0 bridgehead atoms. The molecule has 0 amide bonds. The number of aliphatic hydroxyl groups excluding tert-OH is 1. The molecule has 58 heavy (non-hydrogen) atoms. The number of aromatic hydroxyl groups is 3. The van der Waals surface area contributed by atoms with Crippen molar-refractivity contribution in [3.8, 4) is 17.2 Å². The van der Waals surface area contributed by atoms with Crippen molar-refractivity contribution < 1.29 is 77.9 Å². The summed E-state index contributed by atoms with van der Waals surface area (Å²) in [4.78, 5) is 55.0. The number of fused-ring (bicyclic) bond motifs is 3. The van der Waals surface area contributed by atoms with Crippen molar-refractivity contribution >= 4 is 23.3 Å². The van der Waals surface area contributed by atoms with Gasteiger partial charge >= 0.3 is 5.97 Å². The SMILES string of the molecule is CC[C@]1(O)C[C@@H](O[C@H]2C[C@@H](N(C)C)[C@@H](O[C@H]3C[C@@H](O)[C@@H](O[C@H]4CCC(=O)[C@@H](C)O4)CO3)[C@@H](C)O2)c2c(cc3c(c2O)C(=O)c2c(O)ccc(O)c2C3=O)[C@@H]1C(=O)OC. The molecule has 3 saturated heterocycles.